The van der Waals surface area contributed by atoms with Crippen LogP contribution >= 0.6 is 11.6 Å². The fourth-order valence-corrected chi connectivity index (χ4v) is 6.94. The molecule has 0 fully saturated rings. The lowest BCUT2D eigenvalue weighted by Gasteiger charge is -2.25. The summed E-state index contributed by atoms with van der Waals surface area (Å²) in [5.41, 5.74) is 6.27. The summed E-state index contributed by atoms with van der Waals surface area (Å²) in [6.45, 7) is 1.50. The van der Waals surface area contributed by atoms with E-state index in [2.05, 4.69) is 10.3 Å². The molecule has 0 spiro atoms. The van der Waals surface area contributed by atoms with Crippen LogP contribution in [0.2, 0.25) is 5.02 Å². The van der Waals surface area contributed by atoms with Crippen LogP contribution in [0.5, 0.6) is 5.75 Å². The predicted octanol–water partition coefficient (Wildman–Crippen LogP) is 8.21. The van der Waals surface area contributed by atoms with E-state index >= 15 is 0 Å². The number of aryl methyl sites for hydroxylation is 1. The van der Waals surface area contributed by atoms with Crippen molar-refractivity contribution in [1.29, 1.82) is 0 Å². The molecule has 268 valence electrons. The van der Waals surface area contributed by atoms with Gasteiger partial charge in [0.15, 0.2) is 0 Å². The molecular formula is C41H37ClF3N2O5+. The van der Waals surface area contributed by atoms with Crippen molar-refractivity contribution in [2.24, 2.45) is 0 Å². The van der Waals surface area contributed by atoms with Crippen LogP contribution in [0.1, 0.15) is 78.7 Å². The second-order valence-electron chi connectivity index (χ2n) is 12.9. The number of quaternary nitrogens is 1. The SMILES string of the molecule is O=C(O)c1ccc(C(C[NH2+]CCc2ccccc2OCc2ccc(-c3ccc(C(F)(F)F)cc3)cc2Cl)c2cc(C(=O)O)nc3c2CCCC3)cc1. The molecule has 1 atom stereocenters. The first-order valence-corrected chi connectivity index (χ1v) is 17.4. The molecule has 1 aliphatic rings. The summed E-state index contributed by atoms with van der Waals surface area (Å²) in [4.78, 5) is 28.1. The number of aromatic nitrogens is 1. The minimum Gasteiger partial charge on any atom is -0.489 e. The maximum atomic E-state index is 13.0. The van der Waals surface area contributed by atoms with E-state index in [9.17, 15) is 33.0 Å². The summed E-state index contributed by atoms with van der Waals surface area (Å²) in [5.74, 6) is -1.57. The van der Waals surface area contributed by atoms with Crippen molar-refractivity contribution in [1.82, 2.24) is 4.98 Å². The zero-order valence-corrected chi connectivity index (χ0v) is 28.9. The van der Waals surface area contributed by atoms with E-state index in [0.29, 0.717) is 41.4 Å². The molecule has 5 aromatic rings. The Morgan fingerprint density at radius 3 is 2.25 bits per heavy atom. The standard InChI is InChI=1S/C41H36ClF3N2O5/c42-35-21-29(25-15-17-31(18-16-25)41(43,44)45)13-14-30(35)24-52-38-8-4-1-5-27(38)19-20-46-23-34(26-9-11-28(12-10-26)39(48)49)33-22-37(40(50)51)47-36-7-3-2-6-32(33)36/h1,4-5,8-18,21-22,34,46H,2-3,6-7,19-20,23-24H2,(H,48,49)(H,50,51)/p+1. The maximum absolute atomic E-state index is 13.0. The number of aromatic carboxylic acids is 2. The van der Waals surface area contributed by atoms with Gasteiger partial charge in [0, 0.05) is 22.7 Å². The summed E-state index contributed by atoms with van der Waals surface area (Å²) < 4.78 is 45.2. The number of halogens is 4. The summed E-state index contributed by atoms with van der Waals surface area (Å²) in [7, 11) is 0. The Hall–Kier alpha value is -5.19. The number of rotatable bonds is 13. The fourth-order valence-electron chi connectivity index (χ4n) is 6.70. The van der Waals surface area contributed by atoms with Crippen LogP contribution in [-0.2, 0) is 32.0 Å². The summed E-state index contributed by atoms with van der Waals surface area (Å²) in [6.07, 6.45) is -0.241. The second kappa shape index (κ2) is 16.0. The lowest BCUT2D eigenvalue weighted by molar-refractivity contribution is -0.655. The van der Waals surface area contributed by atoms with Crippen molar-refractivity contribution in [3.63, 3.8) is 0 Å². The first kappa shape index (κ1) is 36.6. The van der Waals surface area contributed by atoms with Crippen LogP contribution in [0.25, 0.3) is 11.1 Å². The lowest BCUT2D eigenvalue weighted by atomic mass is 9.82. The van der Waals surface area contributed by atoms with E-state index < -0.39 is 23.7 Å². The molecule has 1 heterocycles. The first-order valence-electron chi connectivity index (χ1n) is 17.1. The van der Waals surface area contributed by atoms with Crippen LogP contribution in [-0.4, -0.2) is 40.2 Å². The van der Waals surface area contributed by atoms with Gasteiger partial charge in [-0.2, -0.15) is 13.2 Å². The van der Waals surface area contributed by atoms with Gasteiger partial charge in [-0.3, -0.25) is 0 Å². The van der Waals surface area contributed by atoms with E-state index in [1.54, 1.807) is 30.3 Å². The van der Waals surface area contributed by atoms with E-state index in [-0.39, 0.29) is 23.8 Å². The molecule has 1 unspecified atom stereocenters. The number of hydrogen-bond acceptors (Lipinski definition) is 4. The molecule has 0 bridgehead atoms. The van der Waals surface area contributed by atoms with E-state index in [1.807, 2.05) is 42.5 Å². The van der Waals surface area contributed by atoms with Gasteiger partial charge in [-0.05, 0) is 102 Å². The number of hydrogen-bond donors (Lipinski definition) is 3. The summed E-state index contributed by atoms with van der Waals surface area (Å²) in [6, 6.07) is 26.5. The normalized spacial score (nSPS) is 13.3. The number of ether oxygens (including phenoxy) is 1. The number of benzene rings is 4. The highest BCUT2D eigenvalue weighted by Crippen LogP contribution is 2.34. The van der Waals surface area contributed by atoms with Gasteiger partial charge in [0.1, 0.15) is 18.1 Å². The highest BCUT2D eigenvalue weighted by Gasteiger charge is 2.30. The van der Waals surface area contributed by atoms with Gasteiger partial charge in [0.25, 0.3) is 0 Å². The van der Waals surface area contributed by atoms with Crippen molar-refractivity contribution >= 4 is 23.5 Å². The number of pyridine rings is 1. The zero-order valence-electron chi connectivity index (χ0n) is 28.1. The second-order valence-corrected chi connectivity index (χ2v) is 13.3. The third-order valence-corrected chi connectivity index (χ3v) is 9.82. The average molecular weight is 730 g/mol. The van der Waals surface area contributed by atoms with Crippen molar-refractivity contribution in [3.8, 4) is 16.9 Å². The third-order valence-electron chi connectivity index (χ3n) is 9.46. The number of para-hydroxylation sites is 1. The minimum absolute atomic E-state index is 0.0169. The van der Waals surface area contributed by atoms with Crippen molar-refractivity contribution in [2.45, 2.75) is 50.8 Å². The van der Waals surface area contributed by atoms with E-state index in [4.69, 9.17) is 16.3 Å². The Balaban J connectivity index is 1.14. The largest absolute Gasteiger partial charge is 0.489 e. The van der Waals surface area contributed by atoms with E-state index in [0.717, 1.165) is 71.3 Å². The molecule has 1 aliphatic carbocycles. The quantitative estimate of drug-likeness (QED) is 0.105. The van der Waals surface area contributed by atoms with E-state index in [1.165, 1.54) is 12.1 Å². The van der Waals surface area contributed by atoms with Crippen LogP contribution < -0.4 is 10.1 Å². The third kappa shape index (κ3) is 8.63. The topological polar surface area (TPSA) is 113 Å². The number of nitrogens with zero attached hydrogens (tertiary/aromatic N) is 1. The molecule has 0 amide bonds. The molecule has 0 saturated heterocycles. The molecule has 1 aromatic heterocycles. The molecule has 11 heteroatoms. The van der Waals surface area contributed by atoms with Crippen molar-refractivity contribution in [3.05, 3.63) is 152 Å². The molecule has 52 heavy (non-hydrogen) atoms. The molecule has 7 nitrogen and oxygen atoms in total. The Labute approximate surface area is 304 Å². The van der Waals surface area contributed by atoms with Crippen LogP contribution in [0.15, 0.2) is 97.1 Å². The number of alkyl halides is 3. The lowest BCUT2D eigenvalue weighted by Crippen LogP contribution is -2.85. The van der Waals surface area contributed by atoms with Gasteiger partial charge < -0.3 is 20.3 Å². The van der Waals surface area contributed by atoms with Crippen LogP contribution in [0.4, 0.5) is 13.2 Å². The number of fused-ring (bicyclic) bond motifs is 1. The first-order chi connectivity index (χ1) is 25.0. The molecule has 6 rings (SSSR count). The maximum Gasteiger partial charge on any atom is 0.416 e. The fraction of sp³-hybridized carbons (Fsp3) is 0.244. The van der Waals surface area contributed by atoms with Crippen molar-refractivity contribution < 1.29 is 43.0 Å². The molecule has 4 N–H and O–H groups in total. The van der Waals surface area contributed by atoms with Gasteiger partial charge in [-0.15, -0.1) is 0 Å². The molecule has 0 radical (unpaired) electrons. The highest BCUT2D eigenvalue weighted by atomic mass is 35.5. The number of nitrogens with two attached hydrogens (primary N) is 1. The van der Waals surface area contributed by atoms with Gasteiger partial charge in [0.2, 0.25) is 0 Å². The van der Waals surface area contributed by atoms with Gasteiger partial charge >= 0.3 is 18.1 Å². The minimum atomic E-state index is -4.40. The smallest absolute Gasteiger partial charge is 0.416 e. The number of carboxylic acids is 2. The number of carboxylic acid groups (broad SMARTS) is 2. The summed E-state index contributed by atoms with van der Waals surface area (Å²) in [5, 5.41) is 21.9. The molecular weight excluding hydrogens is 693 g/mol. The Kier molecular flexibility index (Phi) is 11.3. The number of carbonyl (C=O) groups is 2. The highest BCUT2D eigenvalue weighted by molar-refractivity contribution is 6.31. The Bertz CT molecular complexity index is 2070. The van der Waals surface area contributed by atoms with Crippen molar-refractivity contribution in [2.75, 3.05) is 13.1 Å². The van der Waals surface area contributed by atoms with Gasteiger partial charge in [-0.1, -0.05) is 66.2 Å². The van der Waals surface area contributed by atoms with Gasteiger partial charge in [-0.25, -0.2) is 14.6 Å². The average Bonchev–Trinajstić information content (AvgIpc) is 3.14. The zero-order chi connectivity index (χ0) is 36.8. The molecule has 0 saturated carbocycles. The molecule has 0 aliphatic heterocycles. The predicted molar refractivity (Wildman–Crippen MR) is 191 cm³/mol. The van der Waals surface area contributed by atoms with Gasteiger partial charge in [0.05, 0.1) is 30.1 Å². The molecule has 4 aromatic carbocycles. The summed E-state index contributed by atoms with van der Waals surface area (Å²) >= 11 is 6.59. The Morgan fingerprint density at radius 2 is 1.56 bits per heavy atom. The van der Waals surface area contributed by atoms with Crippen LogP contribution in [0, 0.1) is 0 Å². The Morgan fingerprint density at radius 1 is 0.846 bits per heavy atom. The monoisotopic (exact) mass is 729 g/mol. The van der Waals surface area contributed by atoms with Crippen LogP contribution in [0.3, 0.4) is 0 Å².